The van der Waals surface area contributed by atoms with E-state index in [-0.39, 0.29) is 11.4 Å². The van der Waals surface area contributed by atoms with Crippen LogP contribution in [0.1, 0.15) is 22.4 Å². The van der Waals surface area contributed by atoms with Gasteiger partial charge in [0.15, 0.2) is 0 Å². The van der Waals surface area contributed by atoms with E-state index in [2.05, 4.69) is 9.71 Å². The summed E-state index contributed by atoms with van der Waals surface area (Å²) in [5, 5.41) is 0. The molecule has 0 amide bonds. The van der Waals surface area contributed by atoms with Crippen LogP contribution in [0.25, 0.3) is 0 Å². The number of hydrogen-bond acceptors (Lipinski definition) is 4. The van der Waals surface area contributed by atoms with Gasteiger partial charge in [0, 0.05) is 24.1 Å². The Bertz CT molecular complexity index is 753. The minimum Gasteiger partial charge on any atom is -0.398 e. The van der Waals surface area contributed by atoms with Crippen molar-refractivity contribution in [2.24, 2.45) is 0 Å². The standard InChI is InChI=1S/C15H19N3O2S/c1-10-6-14(16)12(3)15(7-10)21(19,20)18-9-13-5-4-11(2)17-8-13/h4-8,18H,9,16H2,1-3H3. The summed E-state index contributed by atoms with van der Waals surface area (Å²) in [4.78, 5) is 4.37. The van der Waals surface area contributed by atoms with Crippen LogP contribution in [0.5, 0.6) is 0 Å². The normalized spacial score (nSPS) is 11.6. The Morgan fingerprint density at radius 3 is 2.52 bits per heavy atom. The van der Waals surface area contributed by atoms with Crippen molar-refractivity contribution >= 4 is 15.7 Å². The van der Waals surface area contributed by atoms with Gasteiger partial charge < -0.3 is 5.73 Å². The van der Waals surface area contributed by atoms with Gasteiger partial charge in [-0.3, -0.25) is 4.98 Å². The van der Waals surface area contributed by atoms with Crippen LogP contribution in [-0.2, 0) is 16.6 Å². The number of hydrogen-bond donors (Lipinski definition) is 2. The van der Waals surface area contributed by atoms with Crippen molar-refractivity contribution in [3.8, 4) is 0 Å². The van der Waals surface area contributed by atoms with E-state index >= 15 is 0 Å². The Morgan fingerprint density at radius 2 is 1.90 bits per heavy atom. The van der Waals surface area contributed by atoms with Crippen LogP contribution in [0.3, 0.4) is 0 Å². The average Bonchev–Trinajstić information content (AvgIpc) is 2.42. The van der Waals surface area contributed by atoms with Crippen molar-refractivity contribution in [2.45, 2.75) is 32.2 Å². The first-order chi connectivity index (χ1) is 9.79. The predicted octanol–water partition coefficient (Wildman–Crippen LogP) is 2.07. The first-order valence-electron chi connectivity index (χ1n) is 6.57. The highest BCUT2D eigenvalue weighted by molar-refractivity contribution is 7.89. The zero-order valence-corrected chi connectivity index (χ0v) is 13.2. The highest BCUT2D eigenvalue weighted by Crippen LogP contribution is 2.23. The van der Waals surface area contributed by atoms with Gasteiger partial charge in [-0.05, 0) is 55.7 Å². The summed E-state index contributed by atoms with van der Waals surface area (Å²) in [7, 11) is -3.60. The third-order valence-corrected chi connectivity index (χ3v) is 4.80. The summed E-state index contributed by atoms with van der Waals surface area (Å²) < 4.78 is 27.4. The maximum absolute atomic E-state index is 12.4. The highest BCUT2D eigenvalue weighted by Gasteiger charge is 2.18. The van der Waals surface area contributed by atoms with Crippen LogP contribution >= 0.6 is 0 Å². The van der Waals surface area contributed by atoms with Crippen LogP contribution in [0, 0.1) is 20.8 Å². The largest absolute Gasteiger partial charge is 0.398 e. The SMILES string of the molecule is Cc1cc(N)c(C)c(S(=O)(=O)NCc2ccc(C)nc2)c1. The lowest BCUT2D eigenvalue weighted by atomic mass is 10.1. The highest BCUT2D eigenvalue weighted by atomic mass is 32.2. The number of pyridine rings is 1. The summed E-state index contributed by atoms with van der Waals surface area (Å²) in [6.45, 7) is 5.60. The van der Waals surface area contributed by atoms with E-state index in [0.717, 1.165) is 16.8 Å². The van der Waals surface area contributed by atoms with Crippen molar-refractivity contribution in [1.29, 1.82) is 0 Å². The van der Waals surface area contributed by atoms with Crippen LogP contribution in [0.2, 0.25) is 0 Å². The van der Waals surface area contributed by atoms with Gasteiger partial charge in [-0.25, -0.2) is 13.1 Å². The molecule has 0 saturated carbocycles. The number of benzene rings is 1. The summed E-state index contributed by atoms with van der Waals surface area (Å²) in [6, 6.07) is 7.08. The van der Waals surface area contributed by atoms with Crippen LogP contribution < -0.4 is 10.5 Å². The molecular weight excluding hydrogens is 286 g/mol. The summed E-state index contributed by atoms with van der Waals surface area (Å²) in [6.07, 6.45) is 1.66. The smallest absolute Gasteiger partial charge is 0.241 e. The molecule has 0 aliphatic heterocycles. The van der Waals surface area contributed by atoms with Gasteiger partial charge in [0.05, 0.1) is 4.90 Å². The van der Waals surface area contributed by atoms with Crippen LogP contribution in [0.15, 0.2) is 35.4 Å². The van der Waals surface area contributed by atoms with E-state index < -0.39 is 10.0 Å². The molecule has 0 spiro atoms. The van der Waals surface area contributed by atoms with E-state index in [9.17, 15) is 8.42 Å². The van der Waals surface area contributed by atoms with Gasteiger partial charge in [0.25, 0.3) is 0 Å². The van der Waals surface area contributed by atoms with Crippen LogP contribution in [0.4, 0.5) is 5.69 Å². The second-order valence-electron chi connectivity index (χ2n) is 5.11. The monoisotopic (exact) mass is 305 g/mol. The Labute approximate surface area is 125 Å². The number of rotatable bonds is 4. The topological polar surface area (TPSA) is 85.1 Å². The molecule has 1 aromatic carbocycles. The molecule has 112 valence electrons. The van der Waals surface area contributed by atoms with Crippen molar-refractivity contribution in [3.63, 3.8) is 0 Å². The van der Waals surface area contributed by atoms with Gasteiger partial charge in [-0.1, -0.05) is 6.07 Å². The van der Waals surface area contributed by atoms with Crippen LogP contribution in [-0.4, -0.2) is 13.4 Å². The first-order valence-corrected chi connectivity index (χ1v) is 8.06. The number of aromatic nitrogens is 1. The molecule has 5 nitrogen and oxygen atoms in total. The number of aryl methyl sites for hydroxylation is 2. The van der Waals surface area contributed by atoms with E-state index in [0.29, 0.717) is 11.3 Å². The number of nitrogens with one attached hydrogen (secondary N) is 1. The molecule has 0 unspecified atom stereocenters. The zero-order chi connectivity index (χ0) is 15.6. The third kappa shape index (κ3) is 3.59. The van der Waals surface area contributed by atoms with Gasteiger partial charge in [0.2, 0.25) is 10.0 Å². The quantitative estimate of drug-likeness (QED) is 0.847. The fraction of sp³-hybridized carbons (Fsp3) is 0.267. The molecule has 2 aromatic rings. The second kappa shape index (κ2) is 5.83. The second-order valence-corrected chi connectivity index (χ2v) is 6.85. The molecule has 0 radical (unpaired) electrons. The fourth-order valence-corrected chi connectivity index (χ4v) is 3.36. The molecule has 1 aromatic heterocycles. The zero-order valence-electron chi connectivity index (χ0n) is 12.3. The van der Waals surface area contributed by atoms with Gasteiger partial charge >= 0.3 is 0 Å². The summed E-state index contributed by atoms with van der Waals surface area (Å²) >= 11 is 0. The Morgan fingerprint density at radius 1 is 1.19 bits per heavy atom. The van der Waals surface area contributed by atoms with Gasteiger partial charge in [-0.2, -0.15) is 0 Å². The van der Waals surface area contributed by atoms with Crippen molar-refractivity contribution < 1.29 is 8.42 Å². The number of anilines is 1. The summed E-state index contributed by atoms with van der Waals surface area (Å²) in [5.74, 6) is 0. The minimum absolute atomic E-state index is 0.197. The molecule has 0 aliphatic rings. The molecule has 2 rings (SSSR count). The van der Waals surface area contributed by atoms with Crippen molar-refractivity contribution in [2.75, 3.05) is 5.73 Å². The Hall–Kier alpha value is -1.92. The van der Waals surface area contributed by atoms with E-state index in [4.69, 9.17) is 5.73 Å². The number of nitrogens with zero attached hydrogens (tertiary/aromatic N) is 1. The molecule has 0 atom stereocenters. The maximum Gasteiger partial charge on any atom is 0.241 e. The lowest BCUT2D eigenvalue weighted by molar-refractivity contribution is 0.580. The Balaban J connectivity index is 2.25. The third-order valence-electron chi connectivity index (χ3n) is 3.27. The molecule has 6 heteroatoms. The Kier molecular flexibility index (Phi) is 4.29. The fourth-order valence-electron chi connectivity index (χ4n) is 1.99. The first kappa shape index (κ1) is 15.5. The van der Waals surface area contributed by atoms with E-state index in [1.807, 2.05) is 26.0 Å². The van der Waals surface area contributed by atoms with Crippen molar-refractivity contribution in [1.82, 2.24) is 9.71 Å². The molecule has 3 N–H and O–H groups in total. The summed E-state index contributed by atoms with van der Waals surface area (Å²) in [5.41, 5.74) is 9.40. The molecule has 21 heavy (non-hydrogen) atoms. The number of nitrogens with two attached hydrogens (primary N) is 1. The molecular formula is C15H19N3O2S. The molecule has 1 heterocycles. The number of nitrogen functional groups attached to an aromatic ring is 1. The predicted molar refractivity (Wildman–Crippen MR) is 83.3 cm³/mol. The molecule has 0 fully saturated rings. The van der Waals surface area contributed by atoms with E-state index in [1.165, 1.54) is 0 Å². The minimum atomic E-state index is -3.60. The number of sulfonamides is 1. The molecule has 0 bridgehead atoms. The maximum atomic E-state index is 12.4. The lowest BCUT2D eigenvalue weighted by Gasteiger charge is -2.12. The van der Waals surface area contributed by atoms with Crippen molar-refractivity contribution in [3.05, 3.63) is 52.8 Å². The van der Waals surface area contributed by atoms with Gasteiger partial charge in [-0.15, -0.1) is 0 Å². The molecule has 0 saturated heterocycles. The van der Waals surface area contributed by atoms with Gasteiger partial charge in [0.1, 0.15) is 0 Å². The van der Waals surface area contributed by atoms with E-state index in [1.54, 1.807) is 25.3 Å². The lowest BCUT2D eigenvalue weighted by Crippen LogP contribution is -2.24. The molecule has 0 aliphatic carbocycles. The average molecular weight is 305 g/mol.